The van der Waals surface area contributed by atoms with Crippen LogP contribution < -0.4 is 4.80 Å². The maximum absolute atomic E-state index is 6.33. The van der Waals surface area contributed by atoms with Gasteiger partial charge in [0.25, 0.3) is 0 Å². The molecule has 0 aliphatic heterocycles. The van der Waals surface area contributed by atoms with E-state index < -0.39 is 0 Å². The summed E-state index contributed by atoms with van der Waals surface area (Å²) in [5.74, 6) is 0. The van der Waals surface area contributed by atoms with Gasteiger partial charge in [-0.3, -0.25) is 4.99 Å². The minimum Gasteiger partial charge on any atom is -0.261 e. The predicted octanol–water partition coefficient (Wildman–Crippen LogP) is 5.59. The lowest BCUT2D eigenvalue weighted by atomic mass is 10.2. The fraction of sp³-hybridized carbons (Fsp3) is 0.0588. The van der Waals surface area contributed by atoms with Crippen molar-refractivity contribution < 1.29 is 0 Å². The number of benzene rings is 2. The van der Waals surface area contributed by atoms with Gasteiger partial charge in [-0.15, -0.1) is 11.3 Å². The fourth-order valence-electron chi connectivity index (χ4n) is 2.15. The molecule has 0 saturated carbocycles. The first-order valence-electron chi connectivity index (χ1n) is 6.97. The summed E-state index contributed by atoms with van der Waals surface area (Å²) < 4.78 is 1.74. The van der Waals surface area contributed by atoms with E-state index in [-0.39, 0.29) is 0 Å². The molecule has 7 heteroatoms. The molecule has 0 amide bonds. The highest BCUT2D eigenvalue weighted by molar-refractivity contribution is 7.07. The number of halogens is 3. The molecule has 0 aliphatic rings. The Hall–Kier alpha value is -1.59. The molecule has 0 N–H and O–H groups in total. The van der Waals surface area contributed by atoms with Crippen LogP contribution in [0.2, 0.25) is 15.1 Å². The smallest absolute Gasteiger partial charge is 0.205 e. The zero-order chi connectivity index (χ0) is 17.1. The second-order valence-electron chi connectivity index (χ2n) is 4.86. The number of nitrogens with zero attached hydrogens (tertiary/aromatic N) is 3. The van der Waals surface area contributed by atoms with Crippen LogP contribution in [-0.2, 0) is 0 Å². The van der Waals surface area contributed by atoms with Gasteiger partial charge in [0.05, 0.1) is 16.9 Å². The van der Waals surface area contributed by atoms with Gasteiger partial charge in [0.2, 0.25) is 4.80 Å². The van der Waals surface area contributed by atoms with E-state index >= 15 is 0 Å². The minimum atomic E-state index is 0.603. The maximum Gasteiger partial charge on any atom is 0.205 e. The zero-order valence-corrected chi connectivity index (χ0v) is 15.7. The van der Waals surface area contributed by atoms with Gasteiger partial charge in [0, 0.05) is 28.0 Å². The third kappa shape index (κ3) is 3.73. The van der Waals surface area contributed by atoms with E-state index in [1.54, 1.807) is 30.1 Å². The summed E-state index contributed by atoms with van der Waals surface area (Å²) in [6, 6.07) is 12.8. The van der Waals surface area contributed by atoms with E-state index in [0.717, 1.165) is 21.6 Å². The average molecular weight is 397 g/mol. The monoisotopic (exact) mass is 395 g/mol. The van der Waals surface area contributed by atoms with Crippen LogP contribution in [0.1, 0.15) is 5.56 Å². The molecular weight excluding hydrogens is 385 g/mol. The van der Waals surface area contributed by atoms with Crippen LogP contribution >= 0.6 is 46.1 Å². The van der Waals surface area contributed by atoms with Crippen molar-refractivity contribution in [1.82, 2.24) is 4.68 Å². The highest BCUT2D eigenvalue weighted by Crippen LogP contribution is 2.30. The molecule has 0 atom stereocenters. The molecule has 0 aliphatic carbocycles. The van der Waals surface area contributed by atoms with E-state index in [0.29, 0.717) is 15.1 Å². The summed E-state index contributed by atoms with van der Waals surface area (Å²) >= 11 is 19.9. The van der Waals surface area contributed by atoms with Gasteiger partial charge in [-0.2, -0.15) is 5.10 Å². The molecule has 0 spiro atoms. The van der Waals surface area contributed by atoms with Crippen LogP contribution in [0.3, 0.4) is 0 Å². The number of hydrogen-bond acceptors (Lipinski definition) is 3. The van der Waals surface area contributed by atoms with Gasteiger partial charge in [0.1, 0.15) is 0 Å². The molecule has 3 aromatic rings. The molecule has 1 aromatic heterocycles. The molecule has 24 heavy (non-hydrogen) atoms. The standard InChI is InChI=1S/C17H12Cl3N3S/c1-21-17-23(22-9-11-3-2-4-12(18)7-11)16(10-24-17)14-8-13(19)5-6-15(14)20/h2-10H,1H3. The first-order chi connectivity index (χ1) is 11.6. The molecule has 3 nitrogen and oxygen atoms in total. The first-order valence-corrected chi connectivity index (χ1v) is 8.98. The van der Waals surface area contributed by atoms with Crippen LogP contribution in [0, 0.1) is 0 Å². The zero-order valence-electron chi connectivity index (χ0n) is 12.6. The average Bonchev–Trinajstić information content (AvgIpc) is 2.98. The van der Waals surface area contributed by atoms with Crippen molar-refractivity contribution in [1.29, 1.82) is 0 Å². The van der Waals surface area contributed by atoms with Gasteiger partial charge in [-0.05, 0) is 35.9 Å². The number of thiazole rings is 1. The van der Waals surface area contributed by atoms with Crippen LogP contribution in [0.25, 0.3) is 11.3 Å². The molecule has 0 bridgehead atoms. The molecule has 0 saturated heterocycles. The summed E-state index contributed by atoms with van der Waals surface area (Å²) in [4.78, 5) is 5.01. The summed E-state index contributed by atoms with van der Waals surface area (Å²) in [5.41, 5.74) is 2.52. The summed E-state index contributed by atoms with van der Waals surface area (Å²) in [6.45, 7) is 0. The Labute approximate surface area is 158 Å². The third-order valence-corrected chi connectivity index (χ3v) is 4.96. The van der Waals surface area contributed by atoms with Crippen LogP contribution in [0.5, 0.6) is 0 Å². The second-order valence-corrected chi connectivity index (χ2v) is 6.98. The topological polar surface area (TPSA) is 29.6 Å². The highest BCUT2D eigenvalue weighted by atomic mass is 35.5. The Morgan fingerprint density at radius 1 is 1.04 bits per heavy atom. The van der Waals surface area contributed by atoms with E-state index in [1.807, 2.05) is 35.7 Å². The summed E-state index contributed by atoms with van der Waals surface area (Å²) in [5, 5.41) is 8.37. The molecule has 3 rings (SSSR count). The molecule has 2 aromatic carbocycles. The van der Waals surface area contributed by atoms with Crippen LogP contribution in [0.4, 0.5) is 0 Å². The predicted molar refractivity (Wildman–Crippen MR) is 104 cm³/mol. The Morgan fingerprint density at radius 3 is 2.58 bits per heavy atom. The number of aromatic nitrogens is 1. The molecule has 0 radical (unpaired) electrons. The maximum atomic E-state index is 6.33. The Bertz CT molecular complexity index is 973. The molecule has 122 valence electrons. The van der Waals surface area contributed by atoms with Crippen LogP contribution in [0.15, 0.2) is 57.9 Å². The lowest BCUT2D eigenvalue weighted by Gasteiger charge is -2.06. The number of hydrogen-bond donors (Lipinski definition) is 0. The molecule has 0 fully saturated rings. The third-order valence-electron chi connectivity index (χ3n) is 3.25. The van der Waals surface area contributed by atoms with Crippen LogP contribution in [-0.4, -0.2) is 17.9 Å². The van der Waals surface area contributed by atoms with Crippen molar-refractivity contribution in [3.8, 4) is 11.3 Å². The minimum absolute atomic E-state index is 0.603. The lowest BCUT2D eigenvalue weighted by molar-refractivity contribution is 0.848. The van der Waals surface area contributed by atoms with Gasteiger partial charge in [0.15, 0.2) is 0 Å². The van der Waals surface area contributed by atoms with Crippen molar-refractivity contribution >= 4 is 52.4 Å². The lowest BCUT2D eigenvalue weighted by Crippen LogP contribution is -2.11. The van der Waals surface area contributed by atoms with Crippen molar-refractivity contribution in [2.45, 2.75) is 0 Å². The normalized spacial score (nSPS) is 12.2. The summed E-state index contributed by atoms with van der Waals surface area (Å²) in [6.07, 6.45) is 1.73. The van der Waals surface area contributed by atoms with E-state index in [2.05, 4.69) is 10.1 Å². The van der Waals surface area contributed by atoms with E-state index in [4.69, 9.17) is 34.8 Å². The molecule has 0 unspecified atom stereocenters. The first kappa shape index (κ1) is 17.2. The molecular formula is C17H12Cl3N3S. The van der Waals surface area contributed by atoms with Gasteiger partial charge in [-0.1, -0.05) is 46.9 Å². The Kier molecular flexibility index (Phi) is 5.41. The molecule has 1 heterocycles. The largest absolute Gasteiger partial charge is 0.261 e. The van der Waals surface area contributed by atoms with Crippen molar-refractivity contribution in [3.05, 3.63) is 73.3 Å². The van der Waals surface area contributed by atoms with Gasteiger partial charge < -0.3 is 0 Å². The summed E-state index contributed by atoms with van der Waals surface area (Å²) in [7, 11) is 1.72. The number of rotatable bonds is 3. The fourth-order valence-corrected chi connectivity index (χ4v) is 3.53. The van der Waals surface area contributed by atoms with Gasteiger partial charge >= 0.3 is 0 Å². The quantitative estimate of drug-likeness (QED) is 0.517. The van der Waals surface area contributed by atoms with E-state index in [9.17, 15) is 0 Å². The van der Waals surface area contributed by atoms with E-state index in [1.165, 1.54) is 11.3 Å². The Morgan fingerprint density at radius 2 is 1.83 bits per heavy atom. The van der Waals surface area contributed by atoms with Gasteiger partial charge in [-0.25, -0.2) is 4.68 Å². The van der Waals surface area contributed by atoms with Crippen molar-refractivity contribution in [3.63, 3.8) is 0 Å². The highest BCUT2D eigenvalue weighted by Gasteiger charge is 2.11. The van der Waals surface area contributed by atoms with Crippen molar-refractivity contribution in [2.75, 3.05) is 7.05 Å². The SMILES string of the molecule is CN=c1scc(-c2cc(Cl)ccc2Cl)n1N=Cc1cccc(Cl)c1. The Balaban J connectivity index is 2.11. The second kappa shape index (κ2) is 7.53. The van der Waals surface area contributed by atoms with Crippen molar-refractivity contribution in [2.24, 2.45) is 10.1 Å².